The van der Waals surface area contributed by atoms with Crippen molar-refractivity contribution in [3.05, 3.63) is 33.7 Å². The smallest absolute Gasteiger partial charge is 0.152 e. The molecule has 2 rings (SSSR count). The van der Waals surface area contributed by atoms with Crippen molar-refractivity contribution in [2.75, 3.05) is 7.11 Å². The summed E-state index contributed by atoms with van der Waals surface area (Å²) in [7, 11) is 1.62. The minimum absolute atomic E-state index is 0.451. The van der Waals surface area contributed by atoms with Crippen LogP contribution in [0.2, 0.25) is 0 Å². The number of hydrogen-bond acceptors (Lipinski definition) is 4. The van der Waals surface area contributed by atoms with Gasteiger partial charge in [0, 0.05) is 10.9 Å². The molecule has 2 aromatic rings. The second-order valence-electron chi connectivity index (χ2n) is 3.00. The van der Waals surface area contributed by atoms with E-state index in [9.17, 15) is 0 Å². The van der Waals surface area contributed by atoms with Crippen molar-refractivity contribution in [2.24, 2.45) is 0 Å². The van der Waals surface area contributed by atoms with E-state index in [2.05, 4.69) is 20.9 Å². The minimum Gasteiger partial charge on any atom is -0.496 e. The molecular formula is C11H7BrN2OS. The van der Waals surface area contributed by atoms with Crippen LogP contribution in [0.15, 0.2) is 28.1 Å². The first-order valence-corrected chi connectivity index (χ1v) is 6.11. The maximum atomic E-state index is 8.70. The van der Waals surface area contributed by atoms with E-state index in [-0.39, 0.29) is 0 Å². The van der Waals surface area contributed by atoms with Gasteiger partial charge in [0.2, 0.25) is 0 Å². The summed E-state index contributed by atoms with van der Waals surface area (Å²) in [6.07, 6.45) is 0. The average molecular weight is 295 g/mol. The third-order valence-corrected chi connectivity index (χ3v) is 3.53. The molecule has 80 valence electrons. The molecule has 5 heteroatoms. The van der Waals surface area contributed by atoms with E-state index in [1.807, 2.05) is 24.3 Å². The van der Waals surface area contributed by atoms with E-state index in [4.69, 9.17) is 10.00 Å². The van der Waals surface area contributed by atoms with Crippen LogP contribution in [0.4, 0.5) is 0 Å². The summed E-state index contributed by atoms with van der Waals surface area (Å²) in [6, 6.07) is 7.73. The van der Waals surface area contributed by atoms with Crippen LogP contribution in [0.1, 0.15) is 5.69 Å². The van der Waals surface area contributed by atoms with Gasteiger partial charge in [-0.05, 0) is 34.1 Å². The molecule has 0 unspecified atom stereocenters. The molecular weight excluding hydrogens is 288 g/mol. The molecule has 1 heterocycles. The van der Waals surface area contributed by atoms with Crippen molar-refractivity contribution in [1.82, 2.24) is 4.98 Å². The van der Waals surface area contributed by atoms with Gasteiger partial charge in [0.05, 0.1) is 11.6 Å². The number of rotatable bonds is 2. The van der Waals surface area contributed by atoms with Crippen molar-refractivity contribution in [1.29, 1.82) is 5.26 Å². The number of nitrogens with zero attached hydrogens (tertiary/aromatic N) is 2. The van der Waals surface area contributed by atoms with Gasteiger partial charge < -0.3 is 4.74 Å². The first-order valence-electron chi connectivity index (χ1n) is 4.44. The van der Waals surface area contributed by atoms with Crippen molar-refractivity contribution in [3.63, 3.8) is 0 Å². The maximum absolute atomic E-state index is 8.70. The molecule has 16 heavy (non-hydrogen) atoms. The normalized spacial score (nSPS) is 9.81. The van der Waals surface area contributed by atoms with Crippen LogP contribution < -0.4 is 4.74 Å². The van der Waals surface area contributed by atoms with Crippen LogP contribution in [0.3, 0.4) is 0 Å². The van der Waals surface area contributed by atoms with Gasteiger partial charge in [-0.1, -0.05) is 0 Å². The van der Waals surface area contributed by atoms with Gasteiger partial charge in [0.25, 0.3) is 0 Å². The third kappa shape index (κ3) is 2.08. The largest absolute Gasteiger partial charge is 0.496 e. The summed E-state index contributed by atoms with van der Waals surface area (Å²) < 4.78 is 6.02. The fourth-order valence-electron chi connectivity index (χ4n) is 1.26. The van der Waals surface area contributed by atoms with Crippen LogP contribution >= 0.6 is 27.3 Å². The molecule has 0 spiro atoms. The number of nitriles is 1. The highest BCUT2D eigenvalue weighted by Crippen LogP contribution is 2.31. The van der Waals surface area contributed by atoms with Crippen molar-refractivity contribution in [2.45, 2.75) is 0 Å². The zero-order valence-electron chi connectivity index (χ0n) is 8.40. The maximum Gasteiger partial charge on any atom is 0.152 e. The van der Waals surface area contributed by atoms with E-state index < -0.39 is 0 Å². The Morgan fingerprint density at radius 3 is 2.88 bits per heavy atom. The molecule has 1 aromatic heterocycles. The Bertz CT molecular complexity index is 559. The Hall–Kier alpha value is -1.38. The predicted molar refractivity (Wildman–Crippen MR) is 66.5 cm³/mol. The molecule has 0 aliphatic carbocycles. The van der Waals surface area contributed by atoms with Crippen molar-refractivity contribution < 1.29 is 4.74 Å². The van der Waals surface area contributed by atoms with Crippen LogP contribution in [0, 0.1) is 11.3 Å². The Labute approximate surface area is 105 Å². The molecule has 3 nitrogen and oxygen atoms in total. The second kappa shape index (κ2) is 4.64. The van der Waals surface area contributed by atoms with Crippen LogP contribution in [0.25, 0.3) is 10.6 Å². The fourth-order valence-corrected chi connectivity index (χ4v) is 2.54. The Balaban J connectivity index is 2.42. The molecule has 1 aromatic carbocycles. The van der Waals surface area contributed by atoms with Crippen molar-refractivity contribution >= 4 is 27.3 Å². The highest BCUT2D eigenvalue weighted by atomic mass is 79.9. The molecule has 0 bridgehead atoms. The summed E-state index contributed by atoms with van der Waals surface area (Å²) >= 11 is 4.87. The second-order valence-corrected chi connectivity index (χ2v) is 4.71. The zero-order chi connectivity index (χ0) is 11.5. The molecule has 0 amide bonds. The number of methoxy groups -OCH3 is 1. The molecule has 0 saturated heterocycles. The number of thiazole rings is 1. The number of benzene rings is 1. The third-order valence-electron chi connectivity index (χ3n) is 2.02. The summed E-state index contributed by atoms with van der Waals surface area (Å²) in [5.41, 5.74) is 1.42. The van der Waals surface area contributed by atoms with Crippen molar-refractivity contribution in [3.8, 4) is 22.4 Å². The van der Waals surface area contributed by atoms with Gasteiger partial charge >= 0.3 is 0 Å². The number of halogens is 1. The molecule has 0 aliphatic rings. The topological polar surface area (TPSA) is 45.9 Å². The van der Waals surface area contributed by atoms with Gasteiger partial charge in [0.1, 0.15) is 16.8 Å². The van der Waals surface area contributed by atoms with Gasteiger partial charge in [-0.3, -0.25) is 0 Å². The van der Waals surface area contributed by atoms with E-state index in [0.29, 0.717) is 5.69 Å². The Morgan fingerprint density at radius 1 is 1.50 bits per heavy atom. The SMILES string of the molecule is COc1ccc(-c2nc(C#N)cs2)cc1Br. The standard InChI is InChI=1S/C11H7BrN2OS/c1-15-10-3-2-7(4-9(10)12)11-14-8(5-13)6-16-11/h2-4,6H,1H3. The summed E-state index contributed by atoms with van der Waals surface area (Å²) in [5.74, 6) is 0.779. The van der Waals surface area contributed by atoms with Crippen LogP contribution in [-0.4, -0.2) is 12.1 Å². The predicted octanol–water partition coefficient (Wildman–Crippen LogP) is 3.45. The zero-order valence-corrected chi connectivity index (χ0v) is 10.8. The monoisotopic (exact) mass is 294 g/mol. The van der Waals surface area contributed by atoms with E-state index in [1.54, 1.807) is 12.5 Å². The minimum atomic E-state index is 0.451. The quantitative estimate of drug-likeness (QED) is 0.852. The van der Waals surface area contributed by atoms with Crippen LogP contribution in [0.5, 0.6) is 5.75 Å². The first kappa shape index (κ1) is 11.1. The van der Waals surface area contributed by atoms with Gasteiger partial charge in [-0.25, -0.2) is 4.98 Å². The summed E-state index contributed by atoms with van der Waals surface area (Å²) in [4.78, 5) is 4.19. The van der Waals surface area contributed by atoms with E-state index >= 15 is 0 Å². The lowest BCUT2D eigenvalue weighted by Gasteiger charge is -2.03. The number of aromatic nitrogens is 1. The van der Waals surface area contributed by atoms with Gasteiger partial charge in [-0.2, -0.15) is 5.26 Å². The fraction of sp³-hybridized carbons (Fsp3) is 0.0909. The Kier molecular flexibility index (Phi) is 3.22. The molecule has 0 aliphatic heterocycles. The lowest BCUT2D eigenvalue weighted by molar-refractivity contribution is 0.412. The van der Waals surface area contributed by atoms with Crippen LogP contribution in [-0.2, 0) is 0 Å². The lowest BCUT2D eigenvalue weighted by Crippen LogP contribution is -1.85. The van der Waals surface area contributed by atoms with Gasteiger partial charge in [0.15, 0.2) is 5.69 Å². The average Bonchev–Trinajstić information content (AvgIpc) is 2.77. The van der Waals surface area contributed by atoms with E-state index in [0.717, 1.165) is 20.8 Å². The van der Waals surface area contributed by atoms with E-state index in [1.165, 1.54) is 11.3 Å². The Morgan fingerprint density at radius 2 is 2.31 bits per heavy atom. The molecule has 0 fully saturated rings. The number of ether oxygens (including phenoxy) is 1. The van der Waals surface area contributed by atoms with Gasteiger partial charge in [-0.15, -0.1) is 11.3 Å². The molecule has 0 N–H and O–H groups in total. The summed E-state index contributed by atoms with van der Waals surface area (Å²) in [6.45, 7) is 0. The molecule has 0 atom stereocenters. The molecule has 0 radical (unpaired) electrons. The lowest BCUT2D eigenvalue weighted by atomic mass is 10.2. The number of hydrogen-bond donors (Lipinski definition) is 0. The molecule has 0 saturated carbocycles. The first-order chi connectivity index (χ1) is 7.74. The highest BCUT2D eigenvalue weighted by molar-refractivity contribution is 9.10. The summed E-state index contributed by atoms with van der Waals surface area (Å²) in [5, 5.41) is 11.3. The highest BCUT2D eigenvalue weighted by Gasteiger charge is 2.07.